The van der Waals surface area contributed by atoms with Gasteiger partial charge in [0.2, 0.25) is 0 Å². The van der Waals surface area contributed by atoms with Crippen molar-refractivity contribution in [1.82, 2.24) is 9.55 Å². The van der Waals surface area contributed by atoms with E-state index in [9.17, 15) is 5.11 Å². The van der Waals surface area contributed by atoms with Crippen LogP contribution in [0.15, 0.2) is 24.3 Å². The van der Waals surface area contributed by atoms with Crippen LogP contribution in [0.25, 0.3) is 21.8 Å². The summed E-state index contributed by atoms with van der Waals surface area (Å²) in [5.41, 5.74) is 2.69. The van der Waals surface area contributed by atoms with Gasteiger partial charge in [0.15, 0.2) is 0 Å². The van der Waals surface area contributed by atoms with Crippen molar-refractivity contribution in [2.24, 2.45) is 7.05 Å². The van der Waals surface area contributed by atoms with E-state index >= 15 is 0 Å². The molecule has 3 rings (SSSR count). The summed E-state index contributed by atoms with van der Waals surface area (Å²) in [7, 11) is 1.92. The van der Waals surface area contributed by atoms with Crippen molar-refractivity contribution in [2.45, 2.75) is 6.92 Å². The van der Waals surface area contributed by atoms with E-state index in [2.05, 4.69) is 4.98 Å². The molecular weight excluding hydrogens is 236 g/mol. The third-order valence-electron chi connectivity index (χ3n) is 3.11. The molecule has 1 aromatic carbocycles. The molecule has 0 aliphatic carbocycles. The highest BCUT2D eigenvalue weighted by Gasteiger charge is 2.14. The molecule has 3 nitrogen and oxygen atoms in total. The molecule has 0 unspecified atom stereocenters. The lowest BCUT2D eigenvalue weighted by Gasteiger charge is -2.02. The second-order valence-electron chi connectivity index (χ2n) is 4.16. The largest absolute Gasteiger partial charge is 0.506 e. The zero-order valence-electron chi connectivity index (χ0n) is 9.53. The van der Waals surface area contributed by atoms with Crippen LogP contribution < -0.4 is 0 Å². The van der Waals surface area contributed by atoms with Crippen LogP contribution in [0.3, 0.4) is 0 Å². The van der Waals surface area contributed by atoms with Crippen molar-refractivity contribution in [3.05, 3.63) is 35.1 Å². The number of aromatic hydroxyl groups is 1. The van der Waals surface area contributed by atoms with Crippen molar-refractivity contribution in [3.63, 3.8) is 0 Å². The van der Waals surface area contributed by atoms with E-state index < -0.39 is 0 Å². The van der Waals surface area contributed by atoms with Gasteiger partial charge in [0.1, 0.15) is 10.9 Å². The average molecular weight is 247 g/mol. The highest BCUT2D eigenvalue weighted by Crippen LogP contribution is 2.35. The van der Waals surface area contributed by atoms with Gasteiger partial charge in [0.25, 0.3) is 0 Å². The van der Waals surface area contributed by atoms with Crippen LogP contribution in [-0.2, 0) is 7.05 Å². The summed E-state index contributed by atoms with van der Waals surface area (Å²) in [4.78, 5) is 4.25. The van der Waals surface area contributed by atoms with E-state index in [1.54, 1.807) is 6.07 Å². The molecule has 3 aromatic rings. The first kappa shape index (κ1) is 10.4. The molecule has 0 fully saturated rings. The van der Waals surface area contributed by atoms with E-state index in [4.69, 9.17) is 11.6 Å². The normalized spacial score (nSPS) is 11.5. The molecule has 0 bridgehead atoms. The van der Waals surface area contributed by atoms with Gasteiger partial charge >= 0.3 is 0 Å². The molecule has 86 valence electrons. The van der Waals surface area contributed by atoms with Crippen molar-refractivity contribution in [3.8, 4) is 5.75 Å². The van der Waals surface area contributed by atoms with Gasteiger partial charge in [-0.2, -0.15) is 0 Å². The van der Waals surface area contributed by atoms with E-state index in [0.29, 0.717) is 5.15 Å². The molecule has 0 aliphatic rings. The molecule has 0 saturated carbocycles. The zero-order chi connectivity index (χ0) is 12.2. The lowest BCUT2D eigenvalue weighted by atomic mass is 10.1. The molecular formula is C13H11ClN2O. The van der Waals surface area contributed by atoms with Crippen molar-refractivity contribution < 1.29 is 5.11 Å². The number of phenolic OH excluding ortho intramolecular Hbond substituents is 1. The minimum absolute atomic E-state index is 0.275. The Morgan fingerprint density at radius 2 is 2.00 bits per heavy atom. The summed E-state index contributed by atoms with van der Waals surface area (Å²) >= 11 is 5.99. The number of benzene rings is 1. The quantitative estimate of drug-likeness (QED) is 0.618. The summed E-state index contributed by atoms with van der Waals surface area (Å²) in [5, 5.41) is 12.4. The van der Waals surface area contributed by atoms with Gasteiger partial charge in [-0.15, -0.1) is 0 Å². The fourth-order valence-electron chi connectivity index (χ4n) is 2.47. The molecule has 4 heteroatoms. The van der Waals surface area contributed by atoms with Crippen LogP contribution in [0, 0.1) is 6.92 Å². The Kier molecular flexibility index (Phi) is 2.07. The Bertz CT molecular complexity index is 746. The molecule has 0 spiro atoms. The lowest BCUT2D eigenvalue weighted by molar-refractivity contribution is 0.479. The molecule has 0 saturated heterocycles. The summed E-state index contributed by atoms with van der Waals surface area (Å²) in [5.74, 6) is 0.275. The van der Waals surface area contributed by atoms with Crippen molar-refractivity contribution in [2.75, 3.05) is 0 Å². The van der Waals surface area contributed by atoms with E-state index in [-0.39, 0.29) is 5.75 Å². The van der Waals surface area contributed by atoms with Crippen LogP contribution in [-0.4, -0.2) is 14.7 Å². The van der Waals surface area contributed by atoms with Crippen LogP contribution in [0.4, 0.5) is 0 Å². The van der Waals surface area contributed by atoms with Gasteiger partial charge in [-0.3, -0.25) is 0 Å². The van der Waals surface area contributed by atoms with Crippen LogP contribution in [0.1, 0.15) is 5.69 Å². The summed E-state index contributed by atoms with van der Waals surface area (Å²) in [6.07, 6.45) is 0. The zero-order valence-corrected chi connectivity index (χ0v) is 10.3. The maximum atomic E-state index is 9.94. The standard InChI is InChI=1S/C13H11ClN2O/c1-7-12-9(6-11(14)15-7)8-4-3-5-10(17)13(8)16(12)2/h3-6,17H,1-2H3. The number of aryl methyl sites for hydroxylation is 2. The molecule has 0 aliphatic heterocycles. The number of nitrogens with zero attached hydrogens (tertiary/aromatic N) is 2. The third-order valence-corrected chi connectivity index (χ3v) is 3.31. The first-order valence-electron chi connectivity index (χ1n) is 5.33. The maximum absolute atomic E-state index is 9.94. The third kappa shape index (κ3) is 1.32. The van der Waals surface area contributed by atoms with Gasteiger partial charge in [-0.25, -0.2) is 4.98 Å². The Hall–Kier alpha value is -1.74. The van der Waals surface area contributed by atoms with E-state index in [1.165, 1.54) is 0 Å². The first-order chi connectivity index (χ1) is 8.09. The van der Waals surface area contributed by atoms with E-state index in [1.807, 2.05) is 36.7 Å². The minimum atomic E-state index is 0.275. The Labute approximate surface area is 103 Å². The number of hydrogen-bond acceptors (Lipinski definition) is 2. The average Bonchev–Trinajstić information content (AvgIpc) is 2.54. The van der Waals surface area contributed by atoms with Crippen LogP contribution in [0.2, 0.25) is 5.15 Å². The van der Waals surface area contributed by atoms with Crippen molar-refractivity contribution in [1.29, 1.82) is 0 Å². The topological polar surface area (TPSA) is 38.1 Å². The monoisotopic (exact) mass is 246 g/mol. The van der Waals surface area contributed by atoms with Gasteiger partial charge < -0.3 is 9.67 Å². The number of halogens is 1. The molecule has 2 heterocycles. The smallest absolute Gasteiger partial charge is 0.139 e. The summed E-state index contributed by atoms with van der Waals surface area (Å²) in [6, 6.07) is 7.34. The summed E-state index contributed by atoms with van der Waals surface area (Å²) < 4.78 is 1.96. The molecule has 0 amide bonds. The van der Waals surface area contributed by atoms with Crippen molar-refractivity contribution >= 4 is 33.4 Å². The fraction of sp³-hybridized carbons (Fsp3) is 0.154. The molecule has 2 aromatic heterocycles. The number of aromatic nitrogens is 2. The molecule has 17 heavy (non-hydrogen) atoms. The predicted octanol–water partition coefficient (Wildman–Crippen LogP) is 3.39. The number of pyridine rings is 1. The van der Waals surface area contributed by atoms with Crippen LogP contribution >= 0.6 is 11.6 Å². The molecule has 1 N–H and O–H groups in total. The number of hydrogen-bond donors (Lipinski definition) is 1. The highest BCUT2D eigenvalue weighted by atomic mass is 35.5. The predicted molar refractivity (Wildman–Crippen MR) is 69.6 cm³/mol. The Morgan fingerprint density at radius 3 is 2.76 bits per heavy atom. The number of rotatable bonds is 0. The summed E-state index contributed by atoms with van der Waals surface area (Å²) in [6.45, 7) is 1.92. The first-order valence-corrected chi connectivity index (χ1v) is 5.70. The minimum Gasteiger partial charge on any atom is -0.506 e. The van der Waals surface area contributed by atoms with Gasteiger partial charge in [-0.05, 0) is 19.1 Å². The van der Waals surface area contributed by atoms with E-state index in [0.717, 1.165) is 27.5 Å². The maximum Gasteiger partial charge on any atom is 0.139 e. The lowest BCUT2D eigenvalue weighted by Crippen LogP contribution is -1.91. The fourth-order valence-corrected chi connectivity index (χ4v) is 2.71. The molecule has 0 radical (unpaired) electrons. The Morgan fingerprint density at radius 1 is 1.24 bits per heavy atom. The number of para-hydroxylation sites is 1. The van der Waals surface area contributed by atoms with Gasteiger partial charge in [-0.1, -0.05) is 23.7 Å². The van der Waals surface area contributed by atoms with Gasteiger partial charge in [0, 0.05) is 17.8 Å². The SMILES string of the molecule is Cc1nc(Cl)cc2c3cccc(O)c3n(C)c12. The molecule has 0 atom stereocenters. The second-order valence-corrected chi connectivity index (χ2v) is 4.55. The number of phenols is 1. The van der Waals surface area contributed by atoms with Crippen LogP contribution in [0.5, 0.6) is 5.75 Å². The number of fused-ring (bicyclic) bond motifs is 3. The van der Waals surface area contributed by atoms with Gasteiger partial charge in [0.05, 0.1) is 16.7 Å². The Balaban J connectivity index is 2.68. The highest BCUT2D eigenvalue weighted by molar-refractivity contribution is 6.30. The second kappa shape index (κ2) is 3.37.